The topological polar surface area (TPSA) is 85.9 Å². The lowest BCUT2D eigenvalue weighted by atomic mass is 9.62. The number of carbonyl (C=O) groups excluding carboxylic acids is 2. The van der Waals surface area contributed by atoms with Crippen molar-refractivity contribution in [3.63, 3.8) is 0 Å². The summed E-state index contributed by atoms with van der Waals surface area (Å²) in [6, 6.07) is -0.293. The molecule has 0 aromatic heterocycles. The van der Waals surface area contributed by atoms with E-state index in [1.807, 2.05) is 20.8 Å². The molecule has 1 rings (SSSR count). The molecule has 0 heterocycles. The average molecular weight is 444 g/mol. The minimum absolute atomic E-state index is 0.164. The van der Waals surface area contributed by atoms with Crippen LogP contribution in [0.5, 0.6) is 0 Å². The van der Waals surface area contributed by atoms with Crippen LogP contribution in [-0.4, -0.2) is 64.1 Å². The summed E-state index contributed by atoms with van der Waals surface area (Å²) < 4.78 is 64.1. The zero-order valence-corrected chi connectivity index (χ0v) is 17.7. The number of halogens is 4. The van der Waals surface area contributed by atoms with Crippen LogP contribution in [0.25, 0.3) is 0 Å². The van der Waals surface area contributed by atoms with E-state index < -0.39 is 51.3 Å². The lowest BCUT2D eigenvalue weighted by Crippen LogP contribution is -2.50. The highest BCUT2D eigenvalue weighted by atomic mass is 19.3. The molecule has 0 aromatic rings. The molecule has 2 atom stereocenters. The molecular formula is C19H32F4N2O5. The lowest BCUT2D eigenvalue weighted by molar-refractivity contribution is -0.246. The molecule has 0 spiro atoms. The van der Waals surface area contributed by atoms with Crippen molar-refractivity contribution in [2.24, 2.45) is 10.8 Å². The Bertz CT molecular complexity index is 565. The molecule has 30 heavy (non-hydrogen) atoms. The molecular weight excluding hydrogens is 412 g/mol. The van der Waals surface area contributed by atoms with Crippen LogP contribution in [0.3, 0.4) is 0 Å². The Kier molecular flexibility index (Phi) is 10.1. The summed E-state index contributed by atoms with van der Waals surface area (Å²) in [6.07, 6.45) is -4.08. The maximum absolute atomic E-state index is 13.3. The van der Waals surface area contributed by atoms with Gasteiger partial charge in [0.15, 0.2) is 0 Å². The average Bonchev–Trinajstić information content (AvgIpc) is 2.61. The summed E-state index contributed by atoms with van der Waals surface area (Å²) in [5.41, 5.74) is -0.537. The third-order valence-corrected chi connectivity index (χ3v) is 4.75. The van der Waals surface area contributed by atoms with Crippen molar-refractivity contribution in [1.82, 2.24) is 10.6 Å². The largest absolute Gasteiger partial charge is 0.449 e. The van der Waals surface area contributed by atoms with Gasteiger partial charge in [-0.15, -0.1) is 0 Å². The SMILES string of the molecule is CC1(C)CC(NC(=O)OCCC(F)(F)OCCF)CC(C)(CNC(=O)OCCF)C1. The minimum Gasteiger partial charge on any atom is -0.449 e. The predicted octanol–water partition coefficient (Wildman–Crippen LogP) is 3.96. The van der Waals surface area contributed by atoms with Crippen LogP contribution >= 0.6 is 0 Å². The van der Waals surface area contributed by atoms with Gasteiger partial charge in [-0.2, -0.15) is 8.78 Å². The Balaban J connectivity index is 2.52. The van der Waals surface area contributed by atoms with E-state index in [-0.39, 0.29) is 30.0 Å². The number of ether oxygens (including phenoxy) is 3. The highest BCUT2D eigenvalue weighted by Crippen LogP contribution is 2.45. The van der Waals surface area contributed by atoms with Gasteiger partial charge >= 0.3 is 18.3 Å². The van der Waals surface area contributed by atoms with Crippen LogP contribution in [0.1, 0.15) is 46.5 Å². The molecule has 1 saturated carbocycles. The second kappa shape index (κ2) is 11.6. The van der Waals surface area contributed by atoms with Crippen molar-refractivity contribution in [1.29, 1.82) is 0 Å². The number of hydrogen-bond acceptors (Lipinski definition) is 5. The third-order valence-electron chi connectivity index (χ3n) is 4.75. The van der Waals surface area contributed by atoms with Crippen molar-refractivity contribution in [2.45, 2.75) is 58.6 Å². The maximum Gasteiger partial charge on any atom is 0.407 e. The molecule has 7 nitrogen and oxygen atoms in total. The second-order valence-corrected chi connectivity index (χ2v) is 8.64. The van der Waals surface area contributed by atoms with Gasteiger partial charge in [0.05, 0.1) is 13.0 Å². The highest BCUT2D eigenvalue weighted by molar-refractivity contribution is 5.68. The molecule has 1 aliphatic rings. The number of rotatable bonds is 11. The summed E-state index contributed by atoms with van der Waals surface area (Å²) in [5.74, 6) is 0. The number of amides is 2. The van der Waals surface area contributed by atoms with Gasteiger partial charge < -0.3 is 24.8 Å². The fourth-order valence-electron chi connectivity index (χ4n) is 4.07. The van der Waals surface area contributed by atoms with E-state index in [0.717, 1.165) is 6.42 Å². The van der Waals surface area contributed by atoms with Crippen molar-refractivity contribution in [3.05, 3.63) is 0 Å². The molecule has 2 unspecified atom stereocenters. The summed E-state index contributed by atoms with van der Waals surface area (Å²) in [4.78, 5) is 23.6. The normalized spacial score (nSPS) is 23.5. The molecule has 0 bridgehead atoms. The molecule has 0 aromatic carbocycles. The maximum atomic E-state index is 13.3. The van der Waals surface area contributed by atoms with Crippen LogP contribution in [0, 0.1) is 10.8 Å². The molecule has 2 N–H and O–H groups in total. The van der Waals surface area contributed by atoms with Gasteiger partial charge in [0.25, 0.3) is 0 Å². The summed E-state index contributed by atoms with van der Waals surface area (Å²) in [7, 11) is 0. The van der Waals surface area contributed by atoms with Gasteiger partial charge in [-0.3, -0.25) is 0 Å². The first kappa shape index (κ1) is 26.3. The lowest BCUT2D eigenvalue weighted by Gasteiger charge is -2.46. The first-order valence-electron chi connectivity index (χ1n) is 9.88. The number of hydrogen-bond donors (Lipinski definition) is 2. The van der Waals surface area contributed by atoms with E-state index in [0.29, 0.717) is 12.8 Å². The molecule has 11 heteroatoms. The molecule has 0 saturated heterocycles. The summed E-state index contributed by atoms with van der Waals surface area (Å²) in [6.45, 7) is 2.84. The monoisotopic (exact) mass is 444 g/mol. The molecule has 2 amide bonds. The van der Waals surface area contributed by atoms with Crippen molar-refractivity contribution < 1.29 is 41.4 Å². The van der Waals surface area contributed by atoms with Crippen molar-refractivity contribution in [2.75, 3.05) is 39.7 Å². The smallest absolute Gasteiger partial charge is 0.407 e. The quantitative estimate of drug-likeness (QED) is 0.471. The van der Waals surface area contributed by atoms with E-state index in [1.54, 1.807) is 0 Å². The zero-order valence-electron chi connectivity index (χ0n) is 17.7. The van der Waals surface area contributed by atoms with Gasteiger partial charge in [-0.25, -0.2) is 18.4 Å². The fourth-order valence-corrected chi connectivity index (χ4v) is 4.07. The number of alkyl halides is 4. The Morgan fingerprint density at radius 1 is 1.00 bits per heavy atom. The fraction of sp³-hybridized carbons (Fsp3) is 0.895. The Morgan fingerprint density at radius 3 is 2.27 bits per heavy atom. The van der Waals surface area contributed by atoms with Crippen molar-refractivity contribution in [3.8, 4) is 0 Å². The molecule has 0 radical (unpaired) electrons. The summed E-state index contributed by atoms with van der Waals surface area (Å²) in [5, 5.41) is 5.29. The van der Waals surface area contributed by atoms with Gasteiger partial charge in [0, 0.05) is 12.6 Å². The third kappa shape index (κ3) is 10.3. The van der Waals surface area contributed by atoms with E-state index in [2.05, 4.69) is 20.1 Å². The van der Waals surface area contributed by atoms with E-state index in [1.165, 1.54) is 0 Å². The Hall–Kier alpha value is -1.78. The van der Waals surface area contributed by atoms with Gasteiger partial charge in [-0.1, -0.05) is 20.8 Å². The Morgan fingerprint density at radius 2 is 1.63 bits per heavy atom. The van der Waals surface area contributed by atoms with E-state index in [9.17, 15) is 27.2 Å². The molecule has 1 fully saturated rings. The number of carbonyl (C=O) groups is 2. The predicted molar refractivity (Wildman–Crippen MR) is 101 cm³/mol. The van der Waals surface area contributed by atoms with Gasteiger partial charge in [-0.05, 0) is 30.1 Å². The molecule has 1 aliphatic carbocycles. The summed E-state index contributed by atoms with van der Waals surface area (Å²) >= 11 is 0. The van der Waals surface area contributed by atoms with E-state index >= 15 is 0 Å². The van der Waals surface area contributed by atoms with Gasteiger partial charge in [0.2, 0.25) is 0 Å². The number of nitrogens with one attached hydrogen (secondary N) is 2. The van der Waals surface area contributed by atoms with E-state index in [4.69, 9.17) is 4.74 Å². The van der Waals surface area contributed by atoms with Crippen LogP contribution in [0.2, 0.25) is 0 Å². The number of alkyl carbamates (subject to hydrolysis) is 2. The van der Waals surface area contributed by atoms with Gasteiger partial charge in [0.1, 0.15) is 26.6 Å². The molecule has 176 valence electrons. The van der Waals surface area contributed by atoms with Crippen LogP contribution in [-0.2, 0) is 14.2 Å². The van der Waals surface area contributed by atoms with Crippen LogP contribution in [0.15, 0.2) is 0 Å². The van der Waals surface area contributed by atoms with Crippen molar-refractivity contribution >= 4 is 12.2 Å². The first-order valence-corrected chi connectivity index (χ1v) is 9.88. The first-order chi connectivity index (χ1) is 13.9. The Labute approximate surface area is 174 Å². The second-order valence-electron chi connectivity index (χ2n) is 8.64. The van der Waals surface area contributed by atoms with Crippen LogP contribution < -0.4 is 10.6 Å². The highest BCUT2D eigenvalue weighted by Gasteiger charge is 2.42. The van der Waals surface area contributed by atoms with Crippen LogP contribution in [0.4, 0.5) is 27.2 Å². The standard InChI is InChI=1S/C19H32F4N2O5/c1-17(2)10-14(11-18(3,12-17)13-24-15(26)29-8-5-20)25-16(27)28-7-4-19(22,23)30-9-6-21/h14H,4-13H2,1-3H3,(H,24,26)(H,25,27). The minimum atomic E-state index is -3.57. The molecule has 0 aliphatic heterocycles. The zero-order chi connectivity index (χ0) is 22.8.